The first-order chi connectivity index (χ1) is 65.6. The van der Waals surface area contributed by atoms with E-state index in [9.17, 15) is 43.5 Å². The largest absolute Gasteiger partial charge is 0.495 e. The van der Waals surface area contributed by atoms with Crippen molar-refractivity contribution < 1.29 is 67.2 Å². The Morgan fingerprint density at radius 1 is 0.432 bits per heavy atom. The molecular formula is C94H115Cl4N19O15P4S3. The lowest BCUT2D eigenvalue weighted by Crippen LogP contribution is -2.37. The maximum atomic E-state index is 13.1. The third-order valence-corrected chi connectivity index (χ3v) is 34.9. The van der Waals surface area contributed by atoms with Crippen LogP contribution in [0.25, 0.3) is 5.03 Å². The fourth-order valence-electron chi connectivity index (χ4n) is 13.7. The molecule has 7 aromatic carbocycles. The number of benzene rings is 7. The first-order valence-electron chi connectivity index (χ1n) is 43.5. The summed E-state index contributed by atoms with van der Waals surface area (Å²) in [5, 5.41) is 27.1. The van der Waals surface area contributed by atoms with Crippen LogP contribution in [0.1, 0.15) is 66.9 Å². The van der Waals surface area contributed by atoms with Gasteiger partial charge in [0.25, 0.3) is 0 Å². The van der Waals surface area contributed by atoms with Crippen molar-refractivity contribution in [3.05, 3.63) is 216 Å². The summed E-state index contributed by atoms with van der Waals surface area (Å²) in [4.78, 5) is 41.6. The molecule has 742 valence electrons. The van der Waals surface area contributed by atoms with Gasteiger partial charge in [0.2, 0.25) is 33.8 Å². The van der Waals surface area contributed by atoms with E-state index >= 15 is 0 Å². The van der Waals surface area contributed by atoms with Gasteiger partial charge < -0.3 is 89.4 Å². The van der Waals surface area contributed by atoms with Crippen molar-refractivity contribution in [3.8, 4) is 23.0 Å². The number of anilines is 17. The number of hydrogen-bond donors (Lipinski definition) is 8. The van der Waals surface area contributed by atoms with E-state index in [0.29, 0.717) is 115 Å². The number of rotatable bonds is 36. The van der Waals surface area contributed by atoms with Crippen LogP contribution in [0.2, 0.25) is 15.1 Å². The molecule has 5 aromatic heterocycles. The Morgan fingerprint density at radius 2 is 0.791 bits per heavy atom. The summed E-state index contributed by atoms with van der Waals surface area (Å²) in [5.41, 5.74) is 5.61. The van der Waals surface area contributed by atoms with Gasteiger partial charge in [0.15, 0.2) is 42.2 Å². The number of aromatic nitrogens is 9. The number of nitrogens with one attached hydrogen (secondary N) is 8. The lowest BCUT2D eigenvalue weighted by atomic mass is 10.1. The molecule has 0 unspecified atom stereocenters. The van der Waals surface area contributed by atoms with Gasteiger partial charge in [-0.3, -0.25) is 0 Å². The third kappa shape index (κ3) is 28.9. The number of halogens is 4. The van der Waals surface area contributed by atoms with Gasteiger partial charge in [-0.2, -0.15) is 24.2 Å². The summed E-state index contributed by atoms with van der Waals surface area (Å²) >= 11 is 25.2. The number of piperidine rings is 1. The lowest BCUT2D eigenvalue weighted by molar-refractivity contribution is 0.0459. The molecular weight excluding hydrogens is 2000 g/mol. The highest BCUT2D eigenvalue weighted by atomic mass is 35.5. The Bertz CT molecular complexity index is 7000. The molecule has 1 aliphatic rings. The highest BCUT2D eigenvalue weighted by Gasteiger charge is 2.31. The molecule has 34 nitrogen and oxygen atoms in total. The smallest absolute Gasteiger partial charge is 0.245 e. The first-order valence-corrected chi connectivity index (χ1v) is 60.0. The maximum absolute atomic E-state index is 13.1. The number of methoxy groups -OCH3 is 4. The summed E-state index contributed by atoms with van der Waals surface area (Å²) in [7, 11) is -14.6. The van der Waals surface area contributed by atoms with Crippen LogP contribution in [0, 0.1) is 0 Å². The van der Waals surface area contributed by atoms with Crippen molar-refractivity contribution in [3.63, 3.8) is 0 Å². The van der Waals surface area contributed by atoms with E-state index in [1.807, 2.05) is 43.3 Å². The molecule has 0 radical (unpaired) electrons. The van der Waals surface area contributed by atoms with Gasteiger partial charge in [0.05, 0.1) is 120 Å². The van der Waals surface area contributed by atoms with Gasteiger partial charge in [0, 0.05) is 83.2 Å². The van der Waals surface area contributed by atoms with Crippen molar-refractivity contribution in [2.75, 3.05) is 162 Å². The Balaban J connectivity index is 0.000000191. The number of hydrogen-bond acceptors (Lipinski definition) is 33. The number of sulfone groups is 2. The Hall–Kier alpha value is -11.0. The molecule has 8 N–H and O–H groups in total. The van der Waals surface area contributed by atoms with Crippen molar-refractivity contribution in [2.24, 2.45) is 0 Å². The zero-order chi connectivity index (χ0) is 102. The number of para-hydroxylation sites is 3. The molecule has 0 bridgehead atoms. The van der Waals surface area contributed by atoms with E-state index in [2.05, 4.69) is 105 Å². The van der Waals surface area contributed by atoms with Gasteiger partial charge in [-0.15, -0.1) is 0 Å². The van der Waals surface area contributed by atoms with Gasteiger partial charge in [-0.25, -0.2) is 50.2 Å². The summed E-state index contributed by atoms with van der Waals surface area (Å²) in [6.45, 7) is 32.7. The van der Waals surface area contributed by atoms with E-state index in [4.69, 9.17) is 70.1 Å². The average molecular weight is 2110 g/mol. The fraction of sp³-hybridized carbons (Fsp3) is 0.309. The zero-order valence-electron chi connectivity index (χ0n) is 80.4. The van der Waals surface area contributed by atoms with Crippen LogP contribution in [-0.2, 0) is 52.7 Å². The second kappa shape index (κ2) is 48.0. The van der Waals surface area contributed by atoms with Crippen molar-refractivity contribution in [1.82, 2.24) is 49.2 Å². The van der Waals surface area contributed by atoms with E-state index in [1.54, 1.807) is 211 Å². The topological polar surface area (TPSA) is 436 Å². The van der Waals surface area contributed by atoms with Gasteiger partial charge >= 0.3 is 0 Å². The van der Waals surface area contributed by atoms with Crippen LogP contribution in [0.4, 0.5) is 98.3 Å². The van der Waals surface area contributed by atoms with Crippen molar-refractivity contribution in [1.29, 1.82) is 0 Å². The zero-order valence-corrected chi connectivity index (χ0v) is 89.4. The quantitative estimate of drug-likeness (QED) is 0.0169. The molecule has 1 saturated heterocycles. The second-order valence-corrected chi connectivity index (χ2v) is 54.6. The summed E-state index contributed by atoms with van der Waals surface area (Å²) < 4.78 is 157. The normalized spacial score (nSPS) is 12.6. The SMILES string of the molecule is C=C(Cl)c1cnc(Nc2ccc(P(C)(C)=O)cc2OC)nc1Nc1ccccc1S(=O)(=O)C(C)C.CCN(CC)S(=O)(=O)c1ccccc1Nc1nc(Nc2ccc(P(C)(C)=O)cc2OC)ncc1Cl.CCOC1CCN(c2ccc(Nc3ncc(Cl)c(Nc4ccccc4P(C)(C)=O)n3)c(OC)c2)CC1.COc1cc(P(C)(C)=O)ccc1Nc1ncc(Cl)c(Nc2cccnc2S(=O)(=O)C(C)C)n1. The summed E-state index contributed by atoms with van der Waals surface area (Å²) in [6, 6.07) is 45.5. The third-order valence-electron chi connectivity index (χ3n) is 21.3. The van der Waals surface area contributed by atoms with Gasteiger partial charge in [-0.05, 0) is 216 Å². The maximum Gasteiger partial charge on any atom is 0.245 e. The van der Waals surface area contributed by atoms with E-state index in [-0.39, 0.29) is 70.9 Å². The van der Waals surface area contributed by atoms with Gasteiger partial charge in [0.1, 0.15) is 77.3 Å². The molecule has 6 heterocycles. The second-order valence-electron chi connectivity index (χ2n) is 33.3. The first kappa shape index (κ1) is 110. The molecule has 13 rings (SSSR count). The van der Waals surface area contributed by atoms with Crippen LogP contribution < -0.4 is 87.6 Å². The average Bonchev–Trinajstić information content (AvgIpc) is 0.789. The molecule has 0 aliphatic carbocycles. The van der Waals surface area contributed by atoms with Crippen LogP contribution in [0.5, 0.6) is 23.0 Å². The minimum absolute atomic E-state index is 0.0926. The molecule has 0 spiro atoms. The molecule has 139 heavy (non-hydrogen) atoms. The minimum Gasteiger partial charge on any atom is -0.495 e. The molecule has 0 amide bonds. The number of pyridine rings is 1. The lowest BCUT2D eigenvalue weighted by Gasteiger charge is -2.33. The van der Waals surface area contributed by atoms with Crippen LogP contribution in [-0.4, -0.2) is 206 Å². The molecule has 1 aliphatic heterocycles. The monoisotopic (exact) mass is 2110 g/mol. The van der Waals surface area contributed by atoms with Crippen LogP contribution in [0.3, 0.4) is 0 Å². The molecule has 0 saturated carbocycles. The highest BCUT2D eigenvalue weighted by Crippen LogP contribution is 2.45. The summed E-state index contributed by atoms with van der Waals surface area (Å²) in [5.74, 6) is 4.22. The van der Waals surface area contributed by atoms with E-state index < -0.39 is 68.8 Å². The van der Waals surface area contributed by atoms with Gasteiger partial charge in [-0.1, -0.05) is 103 Å². The Labute approximate surface area is 833 Å². The predicted molar refractivity (Wildman–Crippen MR) is 568 cm³/mol. The van der Waals surface area contributed by atoms with E-state index in [1.165, 1.54) is 62.7 Å². The van der Waals surface area contributed by atoms with Crippen LogP contribution >= 0.6 is 75.0 Å². The Morgan fingerprint density at radius 3 is 1.19 bits per heavy atom. The van der Waals surface area contributed by atoms with Crippen molar-refractivity contribution in [2.45, 2.75) is 92.7 Å². The molecule has 45 heteroatoms. The summed E-state index contributed by atoms with van der Waals surface area (Å²) in [6.07, 6.45) is 9.59. The fourth-order valence-corrected chi connectivity index (χ4v) is 21.9. The van der Waals surface area contributed by atoms with Crippen LogP contribution in [0.15, 0.2) is 210 Å². The molecule has 1 fully saturated rings. The number of sulfonamides is 1. The standard InChI is InChI=1S/C26H33ClN5O3P.C24H28ClN4O4PS.C23H29ClN5O4PS.C21H25ClN5O4PS/c1-5-35-19-12-14-32(15-13-19)18-10-11-21(23(16-18)34-2)30-26-28-17-20(27)25(31-26)29-22-8-6-7-9-24(22)36(3,4)33;1-15(2)35(31,32)22-10-8-7-9-20(22)27-23-18(16(3)25)14-26-24(29-23)28-19-12-11-17(34(5,6)30)13-21(19)33-4;1-6-29(7-2)35(31,32)21-11-9-8-10-19(21)26-22-17(24)15-25-23(28-22)27-18-13-12-16(34(4,5)30)14-20(18)33-3;1-13(2)33(29,30)20-17(7-6-10-23-20)25-19-15(22)12-24-21(27-19)26-16-9-8-14(32(4,5)28)11-18(16)31-3/h6-11,16-17,19H,5,12-15H2,1-4H3,(H2,28,29,30,31);7-15H,3H2,1-2,4-6H3,(H2,26,27,28,29);8-15H,6-7H2,1-5H3,(H2,25,26,27,28);6-13H,1-5H3,(H2,24,25,26,27). The minimum atomic E-state index is -3.72. The highest BCUT2D eigenvalue weighted by molar-refractivity contribution is 7.92. The number of nitrogens with zero attached hydrogens (tertiary/aromatic N) is 11. The van der Waals surface area contributed by atoms with E-state index in [0.717, 1.165) is 49.2 Å². The van der Waals surface area contributed by atoms with Crippen molar-refractivity contribution >= 4 is 229 Å². The Kier molecular flexibility index (Phi) is 38.0. The molecule has 12 aromatic rings. The molecule has 0 atom stereocenters. The predicted octanol–water partition coefficient (Wildman–Crippen LogP) is 20.8. The number of ether oxygens (including phenoxy) is 5.